The molecule has 1 amide bonds. The van der Waals surface area contributed by atoms with E-state index in [0.717, 1.165) is 36.2 Å². The van der Waals surface area contributed by atoms with Crippen LogP contribution in [0.1, 0.15) is 37.7 Å². The summed E-state index contributed by atoms with van der Waals surface area (Å²) in [6.45, 7) is 9.17. The fraction of sp³-hybridized carbons (Fsp3) is 0.643. The first kappa shape index (κ1) is 13.7. The molecule has 1 aliphatic rings. The number of aryl methyl sites for hydroxylation is 1. The number of aromatic nitrogens is 1. The van der Waals surface area contributed by atoms with Gasteiger partial charge in [0.2, 0.25) is 0 Å². The normalized spacial score (nSPS) is 19.8. The summed E-state index contributed by atoms with van der Waals surface area (Å²) < 4.78 is 2.99. The lowest BCUT2D eigenvalue weighted by atomic mass is 9.95. The molecule has 2 heterocycles. The van der Waals surface area contributed by atoms with Gasteiger partial charge in [-0.3, -0.25) is 4.79 Å². The lowest BCUT2D eigenvalue weighted by Crippen LogP contribution is -2.30. The van der Waals surface area contributed by atoms with Crippen LogP contribution < -0.4 is 0 Å². The molecule has 1 atom stereocenters. The quantitative estimate of drug-likeness (QED) is 0.840. The molecule has 0 saturated carbocycles. The highest BCUT2D eigenvalue weighted by molar-refractivity contribution is 9.10. The highest BCUT2D eigenvalue weighted by Crippen LogP contribution is 2.26. The summed E-state index contributed by atoms with van der Waals surface area (Å²) in [5.74, 6) is 1.49. The van der Waals surface area contributed by atoms with Gasteiger partial charge in [0.1, 0.15) is 5.69 Å². The van der Waals surface area contributed by atoms with E-state index in [2.05, 4.69) is 36.7 Å². The van der Waals surface area contributed by atoms with Gasteiger partial charge >= 0.3 is 0 Å². The van der Waals surface area contributed by atoms with Crippen molar-refractivity contribution in [1.82, 2.24) is 9.47 Å². The van der Waals surface area contributed by atoms with Gasteiger partial charge in [-0.15, -0.1) is 0 Å². The van der Waals surface area contributed by atoms with Crippen LogP contribution in [0.25, 0.3) is 0 Å². The summed E-state index contributed by atoms with van der Waals surface area (Å²) >= 11 is 3.44. The summed E-state index contributed by atoms with van der Waals surface area (Å²) in [5, 5.41) is 0. The van der Waals surface area contributed by atoms with Crippen molar-refractivity contribution in [3.63, 3.8) is 0 Å². The maximum atomic E-state index is 12.5. The minimum atomic E-state index is 0.172. The van der Waals surface area contributed by atoms with Gasteiger partial charge in [0.15, 0.2) is 0 Å². The number of halogens is 1. The average molecular weight is 313 g/mol. The molecule has 1 saturated heterocycles. The third kappa shape index (κ3) is 2.63. The van der Waals surface area contributed by atoms with Crippen LogP contribution >= 0.6 is 15.9 Å². The van der Waals surface area contributed by atoms with Gasteiger partial charge < -0.3 is 9.47 Å². The van der Waals surface area contributed by atoms with Crippen LogP contribution in [0.3, 0.4) is 0 Å². The molecule has 100 valence electrons. The molecule has 0 aliphatic carbocycles. The van der Waals surface area contributed by atoms with Crippen LogP contribution in [0.5, 0.6) is 0 Å². The Kier molecular flexibility index (Phi) is 4.15. The van der Waals surface area contributed by atoms with Crippen molar-refractivity contribution in [3.8, 4) is 0 Å². The molecule has 2 rings (SSSR count). The van der Waals surface area contributed by atoms with Crippen LogP contribution in [0.2, 0.25) is 0 Å². The van der Waals surface area contributed by atoms with Crippen LogP contribution in [-0.4, -0.2) is 28.5 Å². The van der Waals surface area contributed by atoms with E-state index < -0.39 is 0 Å². The third-order valence-corrected chi connectivity index (χ3v) is 4.31. The Balaban J connectivity index is 2.12. The molecule has 0 bridgehead atoms. The van der Waals surface area contributed by atoms with Gasteiger partial charge in [-0.25, -0.2) is 0 Å². The molecule has 1 aliphatic heterocycles. The van der Waals surface area contributed by atoms with Crippen LogP contribution in [-0.2, 0) is 6.54 Å². The Hall–Kier alpha value is -0.770. The molecule has 3 nitrogen and oxygen atoms in total. The zero-order valence-corrected chi connectivity index (χ0v) is 12.9. The van der Waals surface area contributed by atoms with Crippen molar-refractivity contribution in [3.05, 3.63) is 22.4 Å². The highest BCUT2D eigenvalue weighted by Gasteiger charge is 2.29. The van der Waals surface area contributed by atoms with E-state index in [-0.39, 0.29) is 5.91 Å². The summed E-state index contributed by atoms with van der Waals surface area (Å²) in [4.78, 5) is 14.5. The first-order valence-electron chi connectivity index (χ1n) is 6.67. The SMILES string of the molecule is CCn1cc(Br)cc1C(=O)N1CCC(C(C)C)C1. The number of amides is 1. The van der Waals surface area contributed by atoms with Gasteiger partial charge in [0.05, 0.1) is 0 Å². The molecule has 0 radical (unpaired) electrons. The number of likely N-dealkylation sites (tertiary alicyclic amines) is 1. The molecule has 1 fully saturated rings. The Morgan fingerprint density at radius 2 is 2.28 bits per heavy atom. The molecule has 0 aromatic carbocycles. The second-order valence-corrected chi connectivity index (χ2v) is 6.29. The van der Waals surface area contributed by atoms with Crippen molar-refractivity contribution in [1.29, 1.82) is 0 Å². The number of hydrogen-bond acceptors (Lipinski definition) is 1. The number of rotatable bonds is 3. The second kappa shape index (κ2) is 5.47. The minimum Gasteiger partial charge on any atom is -0.343 e. The van der Waals surface area contributed by atoms with Crippen LogP contribution in [0.4, 0.5) is 0 Å². The molecule has 1 aromatic rings. The van der Waals surface area contributed by atoms with Gasteiger partial charge in [0.25, 0.3) is 5.91 Å². The monoisotopic (exact) mass is 312 g/mol. The summed E-state index contributed by atoms with van der Waals surface area (Å²) in [6.07, 6.45) is 3.11. The van der Waals surface area contributed by atoms with E-state index in [1.54, 1.807) is 0 Å². The Morgan fingerprint density at radius 1 is 1.56 bits per heavy atom. The second-order valence-electron chi connectivity index (χ2n) is 5.37. The summed E-state index contributed by atoms with van der Waals surface area (Å²) in [7, 11) is 0. The van der Waals surface area contributed by atoms with Crippen molar-refractivity contribution in [2.45, 2.75) is 33.7 Å². The number of hydrogen-bond donors (Lipinski definition) is 0. The topological polar surface area (TPSA) is 25.2 Å². The smallest absolute Gasteiger partial charge is 0.270 e. The fourth-order valence-electron chi connectivity index (χ4n) is 2.59. The summed E-state index contributed by atoms with van der Waals surface area (Å²) in [6, 6.07) is 1.93. The number of carbonyl (C=O) groups excluding carboxylic acids is 1. The molecule has 4 heteroatoms. The molecule has 18 heavy (non-hydrogen) atoms. The van der Waals surface area contributed by atoms with Crippen LogP contribution in [0.15, 0.2) is 16.7 Å². The standard InChI is InChI=1S/C14H21BrN2O/c1-4-16-9-12(15)7-13(16)14(18)17-6-5-11(8-17)10(2)3/h7,9-11H,4-6,8H2,1-3H3. The number of nitrogens with zero attached hydrogens (tertiary/aromatic N) is 2. The van der Waals surface area contributed by atoms with E-state index in [4.69, 9.17) is 0 Å². The predicted molar refractivity (Wildman–Crippen MR) is 76.7 cm³/mol. The van der Waals surface area contributed by atoms with Crippen molar-refractivity contribution >= 4 is 21.8 Å². The Labute approximate surface area is 117 Å². The predicted octanol–water partition coefficient (Wildman–Crippen LogP) is 3.39. The lowest BCUT2D eigenvalue weighted by molar-refractivity contribution is 0.0773. The summed E-state index contributed by atoms with van der Waals surface area (Å²) in [5.41, 5.74) is 0.800. The third-order valence-electron chi connectivity index (χ3n) is 3.88. The zero-order chi connectivity index (χ0) is 13.3. The van der Waals surface area contributed by atoms with E-state index in [0.29, 0.717) is 11.8 Å². The first-order chi connectivity index (χ1) is 8.52. The molecule has 0 spiro atoms. The van der Waals surface area contributed by atoms with Gasteiger partial charge in [-0.05, 0) is 47.2 Å². The van der Waals surface area contributed by atoms with Crippen molar-refractivity contribution < 1.29 is 4.79 Å². The molecular formula is C14H21BrN2O. The van der Waals surface area contributed by atoms with Crippen molar-refractivity contribution in [2.24, 2.45) is 11.8 Å². The Bertz CT molecular complexity index is 439. The van der Waals surface area contributed by atoms with Crippen LogP contribution in [0, 0.1) is 11.8 Å². The van der Waals surface area contributed by atoms with E-state index >= 15 is 0 Å². The van der Waals surface area contributed by atoms with E-state index in [9.17, 15) is 4.79 Å². The fourth-order valence-corrected chi connectivity index (χ4v) is 3.06. The van der Waals surface area contributed by atoms with E-state index in [1.807, 2.05) is 21.7 Å². The van der Waals surface area contributed by atoms with Crippen molar-refractivity contribution in [2.75, 3.05) is 13.1 Å². The Morgan fingerprint density at radius 3 is 2.83 bits per heavy atom. The van der Waals surface area contributed by atoms with Gasteiger partial charge in [-0.1, -0.05) is 13.8 Å². The minimum absolute atomic E-state index is 0.172. The maximum absolute atomic E-state index is 12.5. The van der Waals surface area contributed by atoms with Gasteiger partial charge in [-0.2, -0.15) is 0 Å². The largest absolute Gasteiger partial charge is 0.343 e. The maximum Gasteiger partial charge on any atom is 0.270 e. The van der Waals surface area contributed by atoms with E-state index in [1.165, 1.54) is 0 Å². The van der Waals surface area contributed by atoms with Gasteiger partial charge in [0, 0.05) is 30.3 Å². The first-order valence-corrected chi connectivity index (χ1v) is 7.47. The molecular weight excluding hydrogens is 292 g/mol. The lowest BCUT2D eigenvalue weighted by Gasteiger charge is -2.18. The zero-order valence-electron chi connectivity index (χ0n) is 11.3. The number of carbonyl (C=O) groups is 1. The molecule has 1 aromatic heterocycles. The molecule has 0 N–H and O–H groups in total. The average Bonchev–Trinajstić information content (AvgIpc) is 2.94. The molecule has 1 unspecified atom stereocenters. The highest BCUT2D eigenvalue weighted by atomic mass is 79.9.